The molecule has 0 bridgehead atoms. The summed E-state index contributed by atoms with van der Waals surface area (Å²) in [7, 11) is 0. The van der Waals surface area contributed by atoms with Crippen molar-refractivity contribution in [2.75, 3.05) is 5.32 Å². The molecular formula is C15H17NO2S. The van der Waals surface area contributed by atoms with Crippen molar-refractivity contribution in [3.63, 3.8) is 0 Å². The van der Waals surface area contributed by atoms with E-state index in [1.54, 1.807) is 17.4 Å². The van der Waals surface area contributed by atoms with Crippen molar-refractivity contribution in [3.05, 3.63) is 51.7 Å². The summed E-state index contributed by atoms with van der Waals surface area (Å²) >= 11 is 1.68. The molecule has 0 spiro atoms. The fourth-order valence-corrected chi connectivity index (χ4v) is 2.88. The topological polar surface area (TPSA) is 49.3 Å². The van der Waals surface area contributed by atoms with Crippen LogP contribution < -0.4 is 5.32 Å². The third-order valence-electron chi connectivity index (χ3n) is 3.03. The minimum atomic E-state index is -0.900. The predicted molar refractivity (Wildman–Crippen MR) is 79.1 cm³/mol. The number of hydrogen-bond donors (Lipinski definition) is 2. The number of rotatable bonds is 5. The van der Waals surface area contributed by atoms with Gasteiger partial charge in [-0.3, -0.25) is 0 Å². The van der Waals surface area contributed by atoms with Gasteiger partial charge in [0.25, 0.3) is 0 Å². The predicted octanol–water partition coefficient (Wildman–Crippen LogP) is 4.32. The van der Waals surface area contributed by atoms with Crippen molar-refractivity contribution in [3.8, 4) is 0 Å². The van der Waals surface area contributed by atoms with E-state index in [-0.39, 0.29) is 6.04 Å². The average Bonchev–Trinajstić information content (AvgIpc) is 2.89. The molecule has 0 radical (unpaired) electrons. The van der Waals surface area contributed by atoms with E-state index < -0.39 is 5.97 Å². The van der Waals surface area contributed by atoms with Gasteiger partial charge >= 0.3 is 5.97 Å². The minimum Gasteiger partial charge on any atom is -0.478 e. The third-order valence-corrected chi connectivity index (χ3v) is 4.02. The van der Waals surface area contributed by atoms with E-state index in [1.807, 2.05) is 30.5 Å². The second-order valence-electron chi connectivity index (χ2n) is 4.47. The summed E-state index contributed by atoms with van der Waals surface area (Å²) in [6.45, 7) is 4.05. The number of thiophene rings is 1. The number of aryl methyl sites for hydroxylation is 1. The first-order valence-corrected chi connectivity index (χ1v) is 7.13. The van der Waals surface area contributed by atoms with Gasteiger partial charge in [0.15, 0.2) is 0 Å². The monoisotopic (exact) mass is 275 g/mol. The average molecular weight is 275 g/mol. The summed E-state index contributed by atoms with van der Waals surface area (Å²) in [5.74, 6) is -0.900. The molecule has 1 unspecified atom stereocenters. The molecule has 0 aliphatic carbocycles. The van der Waals surface area contributed by atoms with Crippen LogP contribution in [0.3, 0.4) is 0 Å². The molecule has 2 aromatic rings. The lowest BCUT2D eigenvalue weighted by Crippen LogP contribution is -2.12. The van der Waals surface area contributed by atoms with Gasteiger partial charge in [0.2, 0.25) is 0 Å². The number of aromatic carboxylic acids is 1. The van der Waals surface area contributed by atoms with Crippen LogP contribution in [0, 0.1) is 6.92 Å². The van der Waals surface area contributed by atoms with Crippen molar-refractivity contribution in [1.29, 1.82) is 0 Å². The Morgan fingerprint density at radius 3 is 2.79 bits per heavy atom. The fourth-order valence-electron chi connectivity index (χ4n) is 2.02. The van der Waals surface area contributed by atoms with Gasteiger partial charge in [-0.2, -0.15) is 0 Å². The quantitative estimate of drug-likeness (QED) is 0.854. The molecule has 1 atom stereocenters. The second-order valence-corrected chi connectivity index (χ2v) is 5.45. The number of nitrogens with one attached hydrogen (secondary N) is 1. The van der Waals surface area contributed by atoms with Crippen molar-refractivity contribution < 1.29 is 9.90 Å². The molecule has 0 saturated carbocycles. The summed E-state index contributed by atoms with van der Waals surface area (Å²) in [5, 5.41) is 14.6. The van der Waals surface area contributed by atoms with Crippen LogP contribution in [0.1, 0.15) is 40.2 Å². The Kier molecular flexibility index (Phi) is 4.22. The summed E-state index contributed by atoms with van der Waals surface area (Å²) in [4.78, 5) is 12.5. The normalized spacial score (nSPS) is 12.1. The maximum Gasteiger partial charge on any atom is 0.337 e. The Bertz CT molecular complexity index is 564. The molecule has 0 saturated heterocycles. The molecule has 0 fully saturated rings. The largest absolute Gasteiger partial charge is 0.478 e. The van der Waals surface area contributed by atoms with Crippen molar-refractivity contribution in [1.82, 2.24) is 0 Å². The van der Waals surface area contributed by atoms with Crippen LogP contribution in [0.25, 0.3) is 0 Å². The van der Waals surface area contributed by atoms with Crippen LogP contribution >= 0.6 is 11.3 Å². The molecule has 19 heavy (non-hydrogen) atoms. The maximum atomic E-state index is 11.3. The van der Waals surface area contributed by atoms with Gasteiger partial charge in [-0.05, 0) is 42.5 Å². The van der Waals surface area contributed by atoms with Crippen LogP contribution in [0.5, 0.6) is 0 Å². The lowest BCUT2D eigenvalue weighted by molar-refractivity contribution is 0.0698. The number of benzene rings is 1. The summed E-state index contributed by atoms with van der Waals surface area (Å²) in [6.07, 6.45) is 0.910. The van der Waals surface area contributed by atoms with Crippen LogP contribution in [-0.2, 0) is 0 Å². The van der Waals surface area contributed by atoms with Gasteiger partial charge in [-0.15, -0.1) is 11.3 Å². The zero-order chi connectivity index (χ0) is 13.8. The molecule has 3 nitrogen and oxygen atoms in total. The molecule has 1 heterocycles. The Labute approximate surface area is 116 Å². The summed E-state index contributed by atoms with van der Waals surface area (Å²) < 4.78 is 0. The van der Waals surface area contributed by atoms with E-state index in [0.29, 0.717) is 11.3 Å². The lowest BCUT2D eigenvalue weighted by Gasteiger charge is -2.19. The third kappa shape index (κ3) is 3.15. The molecule has 1 aromatic carbocycles. The van der Waals surface area contributed by atoms with Gasteiger partial charge in [0.05, 0.1) is 11.6 Å². The highest BCUT2D eigenvalue weighted by molar-refractivity contribution is 7.10. The van der Waals surface area contributed by atoms with Gasteiger partial charge in [-0.1, -0.05) is 19.1 Å². The molecule has 4 heteroatoms. The zero-order valence-corrected chi connectivity index (χ0v) is 11.8. The van der Waals surface area contributed by atoms with Gasteiger partial charge in [0.1, 0.15) is 0 Å². The molecule has 1 aromatic heterocycles. The smallest absolute Gasteiger partial charge is 0.337 e. The first-order valence-electron chi connectivity index (χ1n) is 6.25. The van der Waals surface area contributed by atoms with Crippen molar-refractivity contribution in [2.24, 2.45) is 0 Å². The summed E-state index contributed by atoms with van der Waals surface area (Å²) in [5.41, 5.74) is 2.06. The minimum absolute atomic E-state index is 0.153. The number of carbonyl (C=O) groups is 1. The molecule has 2 rings (SSSR count). The molecule has 2 N–H and O–H groups in total. The Hall–Kier alpha value is -1.81. The number of carboxylic acid groups (broad SMARTS) is 1. The van der Waals surface area contributed by atoms with E-state index in [4.69, 9.17) is 0 Å². The first kappa shape index (κ1) is 13.6. The van der Waals surface area contributed by atoms with Gasteiger partial charge < -0.3 is 10.4 Å². The number of anilines is 1. The summed E-state index contributed by atoms with van der Waals surface area (Å²) in [6, 6.07) is 9.60. The van der Waals surface area contributed by atoms with E-state index in [2.05, 4.69) is 18.3 Å². The van der Waals surface area contributed by atoms with Crippen LogP contribution in [-0.4, -0.2) is 11.1 Å². The highest BCUT2D eigenvalue weighted by Gasteiger charge is 2.15. The molecule has 0 aliphatic heterocycles. The van der Waals surface area contributed by atoms with E-state index in [1.165, 1.54) is 4.88 Å². The number of carboxylic acids is 1. The molecular weight excluding hydrogens is 258 g/mol. The standard InChI is InChI=1S/C15H17NO2S/c1-3-12(14-5-4-8-19-14)16-13-9-10(2)6-7-11(13)15(17)18/h4-9,12,16H,3H2,1-2H3,(H,17,18). The lowest BCUT2D eigenvalue weighted by atomic mass is 10.1. The Morgan fingerprint density at radius 2 is 2.21 bits per heavy atom. The molecule has 0 aliphatic rings. The Balaban J connectivity index is 2.31. The van der Waals surface area contributed by atoms with E-state index in [9.17, 15) is 9.90 Å². The van der Waals surface area contributed by atoms with Crippen molar-refractivity contribution >= 4 is 23.0 Å². The van der Waals surface area contributed by atoms with E-state index >= 15 is 0 Å². The Morgan fingerprint density at radius 1 is 1.42 bits per heavy atom. The highest BCUT2D eigenvalue weighted by Crippen LogP contribution is 2.28. The second kappa shape index (κ2) is 5.89. The van der Waals surface area contributed by atoms with Crippen LogP contribution in [0.15, 0.2) is 35.7 Å². The van der Waals surface area contributed by atoms with Crippen LogP contribution in [0.2, 0.25) is 0 Å². The number of hydrogen-bond acceptors (Lipinski definition) is 3. The molecule has 0 amide bonds. The SMILES string of the molecule is CCC(Nc1cc(C)ccc1C(=O)O)c1cccs1. The zero-order valence-electron chi connectivity index (χ0n) is 11.0. The van der Waals surface area contributed by atoms with Gasteiger partial charge in [0, 0.05) is 10.6 Å². The maximum absolute atomic E-state index is 11.3. The van der Waals surface area contributed by atoms with Crippen LogP contribution in [0.4, 0.5) is 5.69 Å². The van der Waals surface area contributed by atoms with E-state index in [0.717, 1.165) is 12.0 Å². The molecule has 100 valence electrons. The fraction of sp³-hybridized carbons (Fsp3) is 0.267. The van der Waals surface area contributed by atoms with Gasteiger partial charge in [-0.25, -0.2) is 4.79 Å². The first-order chi connectivity index (χ1) is 9.11. The highest BCUT2D eigenvalue weighted by atomic mass is 32.1. The van der Waals surface area contributed by atoms with Crippen molar-refractivity contribution in [2.45, 2.75) is 26.3 Å².